The van der Waals surface area contributed by atoms with Gasteiger partial charge < -0.3 is 4.74 Å². The van der Waals surface area contributed by atoms with E-state index in [4.69, 9.17) is 0 Å². The van der Waals surface area contributed by atoms with Gasteiger partial charge in [-0.05, 0) is 18.1 Å². The van der Waals surface area contributed by atoms with Gasteiger partial charge in [0.2, 0.25) is 0 Å². The van der Waals surface area contributed by atoms with Gasteiger partial charge in [-0.1, -0.05) is 72.4 Å². The number of hydrogen-bond acceptors (Lipinski definition) is 3. The van der Waals surface area contributed by atoms with Gasteiger partial charge in [0.15, 0.2) is 0 Å². The maximum absolute atomic E-state index is 14.1. The zero-order valence-electron chi connectivity index (χ0n) is 12.0. The Kier molecular flexibility index (Phi) is 5.55. The second-order valence-electron chi connectivity index (χ2n) is 4.56. The molecule has 0 N–H and O–H groups in total. The summed E-state index contributed by atoms with van der Waals surface area (Å²) in [6.45, 7) is 1.43. The normalized spacial score (nSPS) is 11.5. The van der Waals surface area contributed by atoms with Crippen LogP contribution in [0.3, 0.4) is 0 Å². The van der Waals surface area contributed by atoms with Crippen molar-refractivity contribution in [3.8, 4) is 0 Å². The highest BCUT2D eigenvalue weighted by Crippen LogP contribution is 2.45. The number of carbonyl (C=O) groups excluding carboxylic acids is 1. The molecule has 0 spiro atoms. The molecule has 116 valence electrons. The lowest BCUT2D eigenvalue weighted by molar-refractivity contribution is -0.159. The first kappa shape index (κ1) is 16.5. The quantitative estimate of drug-likeness (QED) is 0.723. The number of esters is 1. The van der Waals surface area contributed by atoms with E-state index < -0.39 is 16.5 Å². The molecule has 2 aromatic rings. The molecule has 0 aromatic heterocycles. The number of halogens is 2. The van der Waals surface area contributed by atoms with Crippen LogP contribution in [0, 0.1) is 0 Å². The van der Waals surface area contributed by atoms with Gasteiger partial charge in [0.25, 0.3) is 0 Å². The maximum Gasteiger partial charge on any atom is 0.389 e. The first-order valence-corrected chi connectivity index (χ1v) is 7.75. The maximum atomic E-state index is 14.1. The Bertz CT molecular complexity index is 563. The van der Waals surface area contributed by atoms with Gasteiger partial charge in [0.05, 0.1) is 11.9 Å². The average molecular weight is 322 g/mol. The molecule has 0 radical (unpaired) electrons. The van der Waals surface area contributed by atoms with Crippen molar-refractivity contribution in [1.29, 1.82) is 0 Å². The summed E-state index contributed by atoms with van der Waals surface area (Å²) >= 11 is 0.293. The molecular weight excluding hydrogens is 306 g/mol. The molecule has 0 amide bonds. The number of thioether (sulfide) groups is 1. The molecule has 0 aliphatic heterocycles. The minimum atomic E-state index is -3.60. The molecule has 2 rings (SSSR count). The standard InChI is InChI=1S/C17H16F2O2S/c1-2-21-16(20)17(18,19)22-15(13-9-5-3-6-10-13)14-11-7-4-8-12-14/h3-12,15H,2H2,1H3. The molecule has 0 unspecified atom stereocenters. The van der Waals surface area contributed by atoms with E-state index in [1.807, 2.05) is 12.1 Å². The second-order valence-corrected chi connectivity index (χ2v) is 5.78. The van der Waals surface area contributed by atoms with Gasteiger partial charge in [-0.25, -0.2) is 4.79 Å². The molecule has 0 saturated heterocycles. The summed E-state index contributed by atoms with van der Waals surface area (Å²) in [6, 6.07) is 17.9. The van der Waals surface area contributed by atoms with Gasteiger partial charge in [-0.15, -0.1) is 0 Å². The molecule has 0 bridgehead atoms. The zero-order chi connectivity index (χ0) is 16.0. The summed E-state index contributed by atoms with van der Waals surface area (Å²) in [5.41, 5.74) is 1.42. The van der Waals surface area contributed by atoms with E-state index in [1.54, 1.807) is 48.5 Å². The fraction of sp³-hybridized carbons (Fsp3) is 0.235. The Morgan fingerprint density at radius 3 is 1.91 bits per heavy atom. The number of ether oxygens (including phenoxy) is 1. The molecular formula is C17H16F2O2S. The zero-order valence-corrected chi connectivity index (χ0v) is 12.9. The third-order valence-corrected chi connectivity index (χ3v) is 4.23. The highest BCUT2D eigenvalue weighted by Gasteiger charge is 2.44. The van der Waals surface area contributed by atoms with Crippen molar-refractivity contribution in [3.63, 3.8) is 0 Å². The highest BCUT2D eigenvalue weighted by molar-refractivity contribution is 8.01. The number of alkyl halides is 2. The van der Waals surface area contributed by atoms with Crippen molar-refractivity contribution >= 4 is 17.7 Å². The number of rotatable bonds is 6. The molecule has 0 aliphatic carbocycles. The Hall–Kier alpha value is -1.88. The fourth-order valence-electron chi connectivity index (χ4n) is 2.00. The third kappa shape index (κ3) is 4.07. The molecule has 2 nitrogen and oxygen atoms in total. The van der Waals surface area contributed by atoms with E-state index >= 15 is 0 Å². The van der Waals surface area contributed by atoms with Crippen LogP contribution < -0.4 is 0 Å². The van der Waals surface area contributed by atoms with E-state index in [-0.39, 0.29) is 6.61 Å². The Labute approximate surface area is 132 Å². The summed E-state index contributed by atoms with van der Waals surface area (Å²) in [7, 11) is 0. The van der Waals surface area contributed by atoms with Crippen LogP contribution in [0.1, 0.15) is 23.3 Å². The monoisotopic (exact) mass is 322 g/mol. The summed E-state index contributed by atoms with van der Waals surface area (Å²) < 4.78 is 32.7. The van der Waals surface area contributed by atoms with Crippen LogP contribution >= 0.6 is 11.8 Å². The second kappa shape index (κ2) is 7.40. The van der Waals surface area contributed by atoms with E-state index in [0.29, 0.717) is 22.9 Å². The topological polar surface area (TPSA) is 26.3 Å². The molecule has 22 heavy (non-hydrogen) atoms. The van der Waals surface area contributed by atoms with Gasteiger partial charge in [0, 0.05) is 0 Å². The van der Waals surface area contributed by atoms with Crippen molar-refractivity contribution in [2.45, 2.75) is 17.4 Å². The van der Waals surface area contributed by atoms with Gasteiger partial charge in [-0.2, -0.15) is 8.78 Å². The predicted octanol–water partition coefficient (Wildman–Crippen LogP) is 4.67. The van der Waals surface area contributed by atoms with Crippen molar-refractivity contribution in [2.75, 3.05) is 6.61 Å². The first-order valence-electron chi connectivity index (χ1n) is 6.87. The molecule has 0 aliphatic rings. The molecule has 2 aromatic carbocycles. The summed E-state index contributed by atoms with van der Waals surface area (Å²) in [6.07, 6.45) is 0. The van der Waals surface area contributed by atoms with Crippen LogP contribution in [0.2, 0.25) is 0 Å². The van der Waals surface area contributed by atoms with Crippen LogP contribution in [0.4, 0.5) is 8.78 Å². The van der Waals surface area contributed by atoms with E-state index in [0.717, 1.165) is 0 Å². The number of hydrogen-bond donors (Lipinski definition) is 0. The fourth-order valence-corrected chi connectivity index (χ4v) is 3.03. The number of carbonyl (C=O) groups is 1. The number of benzene rings is 2. The Morgan fingerprint density at radius 1 is 1.05 bits per heavy atom. The smallest absolute Gasteiger partial charge is 0.389 e. The van der Waals surface area contributed by atoms with Crippen molar-refractivity contribution in [1.82, 2.24) is 0 Å². The Morgan fingerprint density at radius 2 is 1.50 bits per heavy atom. The van der Waals surface area contributed by atoms with E-state index in [2.05, 4.69) is 4.74 Å². The minimum Gasteiger partial charge on any atom is -0.461 e. The van der Waals surface area contributed by atoms with E-state index in [1.165, 1.54) is 6.92 Å². The van der Waals surface area contributed by atoms with Gasteiger partial charge in [0.1, 0.15) is 0 Å². The SMILES string of the molecule is CCOC(=O)C(F)(F)SC(c1ccccc1)c1ccccc1. The van der Waals surface area contributed by atoms with Crippen LogP contribution in [0.15, 0.2) is 60.7 Å². The lowest BCUT2D eigenvalue weighted by atomic mass is 10.0. The lowest BCUT2D eigenvalue weighted by Crippen LogP contribution is -2.28. The molecule has 0 fully saturated rings. The Balaban J connectivity index is 2.32. The average Bonchev–Trinajstić information content (AvgIpc) is 2.54. The van der Waals surface area contributed by atoms with Crippen molar-refractivity contribution in [2.24, 2.45) is 0 Å². The van der Waals surface area contributed by atoms with Crippen LogP contribution in [0.25, 0.3) is 0 Å². The van der Waals surface area contributed by atoms with Gasteiger partial charge in [-0.3, -0.25) is 0 Å². The molecule has 5 heteroatoms. The largest absolute Gasteiger partial charge is 0.461 e. The highest BCUT2D eigenvalue weighted by atomic mass is 32.2. The van der Waals surface area contributed by atoms with Crippen molar-refractivity contribution in [3.05, 3.63) is 71.8 Å². The van der Waals surface area contributed by atoms with E-state index in [9.17, 15) is 13.6 Å². The molecule has 0 atom stereocenters. The summed E-state index contributed by atoms with van der Waals surface area (Å²) in [5.74, 6) is -1.50. The van der Waals surface area contributed by atoms with Crippen LogP contribution in [-0.2, 0) is 9.53 Å². The first-order chi connectivity index (χ1) is 10.5. The third-order valence-electron chi connectivity index (χ3n) is 2.98. The molecule has 0 saturated carbocycles. The van der Waals surface area contributed by atoms with Crippen LogP contribution in [0.5, 0.6) is 0 Å². The van der Waals surface area contributed by atoms with Crippen LogP contribution in [-0.4, -0.2) is 17.8 Å². The lowest BCUT2D eigenvalue weighted by Gasteiger charge is -2.22. The summed E-state index contributed by atoms with van der Waals surface area (Å²) in [5, 5.41) is -4.26. The predicted molar refractivity (Wildman–Crippen MR) is 83.9 cm³/mol. The van der Waals surface area contributed by atoms with Gasteiger partial charge >= 0.3 is 11.2 Å². The summed E-state index contributed by atoms with van der Waals surface area (Å²) in [4.78, 5) is 11.5. The molecule has 0 heterocycles. The van der Waals surface area contributed by atoms with Crippen molar-refractivity contribution < 1.29 is 18.3 Å². The minimum absolute atomic E-state index is 0.0731.